The number of halogens is 1. The van der Waals surface area contributed by atoms with Crippen LogP contribution in [0.2, 0.25) is 0 Å². The minimum absolute atomic E-state index is 0.171. The molecule has 1 aliphatic rings. The first-order valence-corrected chi connectivity index (χ1v) is 6.55. The summed E-state index contributed by atoms with van der Waals surface area (Å²) in [4.78, 5) is 2.25. The molecule has 0 bridgehead atoms. The van der Waals surface area contributed by atoms with Crippen molar-refractivity contribution in [3.8, 4) is 0 Å². The van der Waals surface area contributed by atoms with Crippen LogP contribution in [0.5, 0.6) is 0 Å². The highest BCUT2D eigenvalue weighted by molar-refractivity contribution is 5.59. The molecule has 0 spiro atoms. The predicted molar refractivity (Wildman–Crippen MR) is 76.7 cm³/mol. The van der Waals surface area contributed by atoms with Crippen LogP contribution in [-0.4, -0.2) is 6.54 Å². The molecule has 98 valence electrons. The van der Waals surface area contributed by atoms with Gasteiger partial charge >= 0.3 is 0 Å². The third kappa shape index (κ3) is 2.16. The lowest BCUT2D eigenvalue weighted by molar-refractivity contribution is 0.625. The molecule has 0 aromatic heterocycles. The van der Waals surface area contributed by atoms with E-state index in [1.807, 2.05) is 30.3 Å². The van der Waals surface area contributed by atoms with Crippen molar-refractivity contribution >= 4 is 11.4 Å². The molecular weight excluding hydrogens is 239 g/mol. The number of anilines is 2. The van der Waals surface area contributed by atoms with E-state index in [0.717, 1.165) is 24.3 Å². The highest BCUT2D eigenvalue weighted by Crippen LogP contribution is 2.35. The molecule has 0 saturated heterocycles. The van der Waals surface area contributed by atoms with E-state index in [0.29, 0.717) is 0 Å². The second kappa shape index (κ2) is 4.57. The molecule has 1 unspecified atom stereocenters. The highest BCUT2D eigenvalue weighted by atomic mass is 19.1. The summed E-state index contributed by atoms with van der Waals surface area (Å²) in [5, 5.41) is 0. The van der Waals surface area contributed by atoms with Crippen molar-refractivity contribution in [3.05, 3.63) is 59.4 Å². The fourth-order valence-electron chi connectivity index (χ4n) is 2.73. The fraction of sp³-hybridized carbons (Fsp3) is 0.250. The Labute approximate surface area is 112 Å². The summed E-state index contributed by atoms with van der Waals surface area (Å²) >= 11 is 0. The summed E-state index contributed by atoms with van der Waals surface area (Å²) in [6.45, 7) is 3.08. The zero-order valence-corrected chi connectivity index (χ0v) is 10.9. The summed E-state index contributed by atoms with van der Waals surface area (Å²) in [5.74, 6) is -0.171. The summed E-state index contributed by atoms with van der Waals surface area (Å²) in [5.41, 5.74) is 9.92. The zero-order chi connectivity index (χ0) is 13.4. The van der Waals surface area contributed by atoms with Crippen molar-refractivity contribution in [2.24, 2.45) is 0 Å². The van der Waals surface area contributed by atoms with Crippen LogP contribution in [0.3, 0.4) is 0 Å². The van der Waals surface area contributed by atoms with Crippen LogP contribution in [0.1, 0.15) is 24.1 Å². The number of fused-ring (bicyclic) bond motifs is 1. The topological polar surface area (TPSA) is 29.3 Å². The Morgan fingerprint density at radius 1 is 1.16 bits per heavy atom. The number of hydrogen-bond acceptors (Lipinski definition) is 2. The van der Waals surface area contributed by atoms with Crippen molar-refractivity contribution in [3.63, 3.8) is 0 Å². The van der Waals surface area contributed by atoms with Gasteiger partial charge in [-0.2, -0.15) is 0 Å². The quantitative estimate of drug-likeness (QED) is 0.833. The van der Waals surface area contributed by atoms with Gasteiger partial charge in [0.15, 0.2) is 0 Å². The first kappa shape index (κ1) is 12.0. The molecule has 2 nitrogen and oxygen atoms in total. The molecule has 0 fully saturated rings. The maximum atomic E-state index is 13.4. The maximum Gasteiger partial charge on any atom is 0.125 e. The SMILES string of the molecule is CC(c1ccc(N)cc1)N1CCc2ccc(F)cc21. The van der Waals surface area contributed by atoms with E-state index in [2.05, 4.69) is 11.8 Å². The number of nitrogens with zero attached hydrogens (tertiary/aromatic N) is 1. The molecule has 2 aromatic carbocycles. The predicted octanol–water partition coefficient (Wildman–Crippen LogP) is 3.53. The Bertz CT molecular complexity index is 592. The van der Waals surface area contributed by atoms with Gasteiger partial charge in [-0.05, 0) is 48.7 Å². The van der Waals surface area contributed by atoms with Gasteiger partial charge in [0.25, 0.3) is 0 Å². The molecule has 0 aliphatic carbocycles. The summed E-state index contributed by atoms with van der Waals surface area (Å²) in [7, 11) is 0. The van der Waals surface area contributed by atoms with Crippen molar-refractivity contribution in [1.82, 2.24) is 0 Å². The van der Waals surface area contributed by atoms with Gasteiger partial charge in [-0.3, -0.25) is 0 Å². The molecule has 0 radical (unpaired) electrons. The Balaban J connectivity index is 1.92. The molecule has 2 aromatic rings. The summed E-state index contributed by atoms with van der Waals surface area (Å²) < 4.78 is 13.4. The largest absolute Gasteiger partial charge is 0.399 e. The third-order valence-electron chi connectivity index (χ3n) is 3.87. The molecular formula is C16H17FN2. The molecule has 1 heterocycles. The first-order valence-electron chi connectivity index (χ1n) is 6.55. The number of nitrogens with two attached hydrogens (primary N) is 1. The summed E-state index contributed by atoms with van der Waals surface area (Å²) in [6.07, 6.45) is 0.981. The summed E-state index contributed by atoms with van der Waals surface area (Å²) in [6, 6.07) is 13.2. The lowest BCUT2D eigenvalue weighted by Gasteiger charge is -2.27. The van der Waals surface area contributed by atoms with E-state index in [-0.39, 0.29) is 11.9 Å². The normalized spacial score (nSPS) is 15.4. The monoisotopic (exact) mass is 256 g/mol. The van der Waals surface area contributed by atoms with Gasteiger partial charge in [-0.1, -0.05) is 18.2 Å². The van der Waals surface area contributed by atoms with Gasteiger partial charge in [0.2, 0.25) is 0 Å². The van der Waals surface area contributed by atoms with E-state index in [1.165, 1.54) is 17.2 Å². The van der Waals surface area contributed by atoms with Crippen molar-refractivity contribution in [2.75, 3.05) is 17.2 Å². The van der Waals surface area contributed by atoms with E-state index < -0.39 is 0 Å². The minimum atomic E-state index is -0.171. The van der Waals surface area contributed by atoms with E-state index in [4.69, 9.17) is 5.73 Å². The second-order valence-electron chi connectivity index (χ2n) is 5.06. The number of hydrogen-bond donors (Lipinski definition) is 1. The van der Waals surface area contributed by atoms with Crippen LogP contribution >= 0.6 is 0 Å². The van der Waals surface area contributed by atoms with Gasteiger partial charge in [0.05, 0.1) is 6.04 Å². The van der Waals surface area contributed by atoms with Crippen LogP contribution in [0.25, 0.3) is 0 Å². The Kier molecular flexibility index (Phi) is 2.90. The van der Waals surface area contributed by atoms with Crippen molar-refractivity contribution in [1.29, 1.82) is 0 Å². The molecule has 1 atom stereocenters. The van der Waals surface area contributed by atoms with Crippen LogP contribution in [0.15, 0.2) is 42.5 Å². The number of rotatable bonds is 2. The Hall–Kier alpha value is -2.03. The van der Waals surface area contributed by atoms with E-state index in [9.17, 15) is 4.39 Å². The van der Waals surface area contributed by atoms with Gasteiger partial charge in [0, 0.05) is 17.9 Å². The molecule has 3 heteroatoms. The third-order valence-corrected chi connectivity index (χ3v) is 3.87. The Morgan fingerprint density at radius 2 is 1.89 bits per heavy atom. The van der Waals surface area contributed by atoms with Crippen LogP contribution in [0, 0.1) is 5.82 Å². The lowest BCUT2D eigenvalue weighted by Crippen LogP contribution is -2.24. The molecule has 0 amide bonds. The van der Waals surface area contributed by atoms with Gasteiger partial charge in [-0.25, -0.2) is 4.39 Å². The standard InChI is InChI=1S/C16H17FN2/c1-11(12-3-6-15(18)7-4-12)19-9-8-13-2-5-14(17)10-16(13)19/h2-7,10-11H,8-9,18H2,1H3. The van der Waals surface area contributed by atoms with Gasteiger partial charge in [-0.15, -0.1) is 0 Å². The van der Waals surface area contributed by atoms with Gasteiger partial charge < -0.3 is 10.6 Å². The molecule has 19 heavy (non-hydrogen) atoms. The van der Waals surface area contributed by atoms with Gasteiger partial charge in [0.1, 0.15) is 5.82 Å². The first-order chi connectivity index (χ1) is 9.15. The average molecular weight is 256 g/mol. The van der Waals surface area contributed by atoms with Crippen LogP contribution in [0.4, 0.5) is 15.8 Å². The van der Waals surface area contributed by atoms with Crippen LogP contribution < -0.4 is 10.6 Å². The zero-order valence-electron chi connectivity index (χ0n) is 10.9. The van der Waals surface area contributed by atoms with E-state index in [1.54, 1.807) is 6.07 Å². The van der Waals surface area contributed by atoms with Crippen molar-refractivity contribution < 1.29 is 4.39 Å². The molecule has 0 saturated carbocycles. The molecule has 2 N–H and O–H groups in total. The average Bonchev–Trinajstić information content (AvgIpc) is 2.81. The minimum Gasteiger partial charge on any atom is -0.399 e. The second-order valence-corrected chi connectivity index (χ2v) is 5.06. The lowest BCUT2D eigenvalue weighted by atomic mass is 10.1. The molecule has 3 rings (SSSR count). The van der Waals surface area contributed by atoms with Crippen molar-refractivity contribution in [2.45, 2.75) is 19.4 Å². The number of benzene rings is 2. The molecule has 1 aliphatic heterocycles. The Morgan fingerprint density at radius 3 is 2.63 bits per heavy atom. The van der Waals surface area contributed by atoms with E-state index >= 15 is 0 Å². The number of nitrogen functional groups attached to an aromatic ring is 1. The highest BCUT2D eigenvalue weighted by Gasteiger charge is 2.24. The maximum absolute atomic E-state index is 13.4. The smallest absolute Gasteiger partial charge is 0.125 e. The van der Waals surface area contributed by atoms with Crippen LogP contribution in [-0.2, 0) is 6.42 Å². The fourth-order valence-corrected chi connectivity index (χ4v) is 2.73.